The van der Waals surface area contributed by atoms with Crippen molar-refractivity contribution in [3.8, 4) is 10.8 Å². The minimum Gasteiger partial charge on any atom is -0.323 e. The van der Waals surface area contributed by atoms with E-state index in [4.69, 9.17) is 0 Å². The number of hydrogen-bond acceptors (Lipinski definition) is 6. The molecule has 1 aliphatic rings. The Morgan fingerprint density at radius 3 is 2.67 bits per heavy atom. The number of hydrogen-bond donors (Lipinski definition) is 1. The zero-order valence-corrected chi connectivity index (χ0v) is 14.6. The maximum absolute atomic E-state index is 12.6. The summed E-state index contributed by atoms with van der Waals surface area (Å²) >= 11 is 1.39. The predicted molar refractivity (Wildman–Crippen MR) is 90.1 cm³/mol. The molecule has 3 amide bonds. The third-order valence-electron chi connectivity index (χ3n) is 3.79. The van der Waals surface area contributed by atoms with Crippen molar-refractivity contribution >= 4 is 23.3 Å². The zero-order valence-electron chi connectivity index (χ0n) is 13.8. The van der Waals surface area contributed by atoms with E-state index in [2.05, 4.69) is 20.3 Å². The molecule has 0 aromatic carbocycles. The van der Waals surface area contributed by atoms with Gasteiger partial charge in [-0.05, 0) is 25.3 Å². The lowest BCUT2D eigenvalue weighted by Gasteiger charge is -2.23. The van der Waals surface area contributed by atoms with Crippen LogP contribution in [0.25, 0.3) is 10.8 Å². The van der Waals surface area contributed by atoms with E-state index in [9.17, 15) is 9.59 Å². The average molecular weight is 345 g/mol. The Balaban J connectivity index is 1.76. The van der Waals surface area contributed by atoms with Crippen LogP contribution in [0.1, 0.15) is 32.9 Å². The van der Waals surface area contributed by atoms with Gasteiger partial charge in [-0.15, -0.1) is 11.3 Å². The molecule has 126 valence electrons. The summed E-state index contributed by atoms with van der Waals surface area (Å²) in [5, 5.41) is 5.30. The summed E-state index contributed by atoms with van der Waals surface area (Å²) in [6.07, 6.45) is 3.91. The minimum atomic E-state index is -0.841. The highest BCUT2D eigenvalue weighted by atomic mass is 32.1. The first kappa shape index (κ1) is 16.5. The summed E-state index contributed by atoms with van der Waals surface area (Å²) in [4.78, 5) is 38.8. The van der Waals surface area contributed by atoms with Gasteiger partial charge in [-0.2, -0.15) is 0 Å². The lowest BCUT2D eigenvalue weighted by atomic mass is 9.91. The molecule has 1 atom stereocenters. The van der Waals surface area contributed by atoms with E-state index in [1.165, 1.54) is 16.2 Å². The van der Waals surface area contributed by atoms with E-state index in [1.54, 1.807) is 25.4 Å². The highest BCUT2D eigenvalue weighted by Gasteiger charge is 2.47. The van der Waals surface area contributed by atoms with E-state index in [1.807, 2.05) is 19.2 Å². The second kappa shape index (κ2) is 6.27. The SMILES string of the molecule is CC(C)CC1(C)NC(=O)N(Cc2csc(-c3ncccn3)n2)C1=O. The standard InChI is InChI=1S/C16H19N5O2S/c1-10(2)7-16(3)14(22)21(15(23)20-16)8-11-9-24-13(19-11)12-17-5-4-6-18-12/h4-6,9-10H,7-8H2,1-3H3,(H,20,23). The van der Waals surface area contributed by atoms with Gasteiger partial charge < -0.3 is 5.32 Å². The maximum Gasteiger partial charge on any atom is 0.325 e. The van der Waals surface area contributed by atoms with E-state index in [-0.39, 0.29) is 18.5 Å². The van der Waals surface area contributed by atoms with Crippen LogP contribution in [0, 0.1) is 5.92 Å². The number of carbonyl (C=O) groups is 2. The third kappa shape index (κ3) is 3.14. The molecule has 0 aliphatic carbocycles. The molecule has 8 heteroatoms. The van der Waals surface area contributed by atoms with Gasteiger partial charge in [-0.3, -0.25) is 9.69 Å². The molecule has 0 spiro atoms. The molecular weight excluding hydrogens is 326 g/mol. The fourth-order valence-corrected chi connectivity index (χ4v) is 3.66. The van der Waals surface area contributed by atoms with Crippen molar-refractivity contribution in [2.24, 2.45) is 5.92 Å². The van der Waals surface area contributed by atoms with Gasteiger partial charge in [0.15, 0.2) is 10.8 Å². The van der Waals surface area contributed by atoms with Crippen molar-refractivity contribution in [2.75, 3.05) is 0 Å². The van der Waals surface area contributed by atoms with Crippen LogP contribution in [0.15, 0.2) is 23.8 Å². The highest BCUT2D eigenvalue weighted by molar-refractivity contribution is 7.13. The number of amides is 3. The summed E-state index contributed by atoms with van der Waals surface area (Å²) in [5.74, 6) is 0.641. The van der Waals surface area contributed by atoms with Gasteiger partial charge in [0.25, 0.3) is 5.91 Å². The first-order valence-corrected chi connectivity index (χ1v) is 8.63. The van der Waals surface area contributed by atoms with Crippen molar-refractivity contribution in [1.29, 1.82) is 0 Å². The fourth-order valence-electron chi connectivity index (χ4n) is 2.90. The van der Waals surface area contributed by atoms with Crippen molar-refractivity contribution in [3.63, 3.8) is 0 Å². The molecule has 0 radical (unpaired) electrons. The Kier molecular flexibility index (Phi) is 4.31. The van der Waals surface area contributed by atoms with Gasteiger partial charge in [0.05, 0.1) is 12.2 Å². The molecule has 1 aliphatic heterocycles. The molecule has 0 bridgehead atoms. The third-order valence-corrected chi connectivity index (χ3v) is 4.68. The fraction of sp³-hybridized carbons (Fsp3) is 0.438. The summed E-state index contributed by atoms with van der Waals surface area (Å²) in [7, 11) is 0. The number of aromatic nitrogens is 3. The Morgan fingerprint density at radius 1 is 1.29 bits per heavy atom. The molecule has 3 heterocycles. The minimum absolute atomic E-state index is 0.154. The summed E-state index contributed by atoms with van der Waals surface area (Å²) in [5.41, 5.74) is -0.188. The van der Waals surface area contributed by atoms with Crippen LogP contribution < -0.4 is 5.32 Å². The molecule has 1 N–H and O–H groups in total. The van der Waals surface area contributed by atoms with Crippen LogP contribution in [0.5, 0.6) is 0 Å². The molecule has 0 saturated carbocycles. The average Bonchev–Trinajstić information content (AvgIpc) is 3.07. The van der Waals surface area contributed by atoms with Gasteiger partial charge in [0.2, 0.25) is 0 Å². The molecule has 2 aromatic rings. The van der Waals surface area contributed by atoms with Crippen LogP contribution in [-0.4, -0.2) is 37.3 Å². The number of rotatable bonds is 5. The van der Waals surface area contributed by atoms with Gasteiger partial charge in [0.1, 0.15) is 5.54 Å². The first-order chi connectivity index (χ1) is 11.4. The lowest BCUT2D eigenvalue weighted by Crippen LogP contribution is -2.44. The first-order valence-electron chi connectivity index (χ1n) is 7.75. The van der Waals surface area contributed by atoms with Crippen LogP contribution in [0.4, 0.5) is 4.79 Å². The molecule has 24 heavy (non-hydrogen) atoms. The zero-order chi connectivity index (χ0) is 17.3. The molecular formula is C16H19N5O2S. The monoisotopic (exact) mass is 345 g/mol. The number of carbonyl (C=O) groups excluding carboxylic acids is 2. The molecule has 1 saturated heterocycles. The second-order valence-electron chi connectivity index (χ2n) is 6.47. The quantitative estimate of drug-likeness (QED) is 0.841. The van der Waals surface area contributed by atoms with Crippen LogP contribution in [-0.2, 0) is 11.3 Å². The van der Waals surface area contributed by atoms with Crippen LogP contribution >= 0.6 is 11.3 Å². The number of imide groups is 1. The summed E-state index contributed by atoms with van der Waals surface area (Å²) < 4.78 is 0. The van der Waals surface area contributed by atoms with Crippen molar-refractivity contribution in [2.45, 2.75) is 39.3 Å². The van der Waals surface area contributed by atoms with E-state index in [0.29, 0.717) is 28.9 Å². The van der Waals surface area contributed by atoms with Gasteiger partial charge >= 0.3 is 6.03 Å². The number of nitrogens with zero attached hydrogens (tertiary/aromatic N) is 4. The Bertz CT molecular complexity index is 761. The molecule has 2 aromatic heterocycles. The van der Waals surface area contributed by atoms with Gasteiger partial charge in [0, 0.05) is 17.8 Å². The predicted octanol–water partition coefficient (Wildman–Crippen LogP) is 2.46. The van der Waals surface area contributed by atoms with E-state index in [0.717, 1.165) is 0 Å². The lowest BCUT2D eigenvalue weighted by molar-refractivity contribution is -0.131. The van der Waals surface area contributed by atoms with Crippen molar-refractivity contribution in [1.82, 2.24) is 25.2 Å². The number of nitrogens with one attached hydrogen (secondary N) is 1. The van der Waals surface area contributed by atoms with Crippen molar-refractivity contribution in [3.05, 3.63) is 29.5 Å². The largest absolute Gasteiger partial charge is 0.325 e. The Hall–Kier alpha value is -2.35. The molecule has 7 nitrogen and oxygen atoms in total. The molecule has 3 rings (SSSR count). The highest BCUT2D eigenvalue weighted by Crippen LogP contribution is 2.27. The summed E-state index contributed by atoms with van der Waals surface area (Å²) in [6.45, 7) is 5.99. The second-order valence-corrected chi connectivity index (χ2v) is 7.33. The Morgan fingerprint density at radius 2 is 2.00 bits per heavy atom. The van der Waals surface area contributed by atoms with Crippen molar-refractivity contribution < 1.29 is 9.59 Å². The molecule has 1 unspecified atom stereocenters. The van der Waals surface area contributed by atoms with E-state index < -0.39 is 5.54 Å². The number of thiazole rings is 1. The smallest absolute Gasteiger partial charge is 0.323 e. The van der Waals surface area contributed by atoms with Gasteiger partial charge in [-0.25, -0.2) is 19.7 Å². The van der Waals surface area contributed by atoms with Gasteiger partial charge in [-0.1, -0.05) is 13.8 Å². The van der Waals surface area contributed by atoms with Crippen LogP contribution in [0.3, 0.4) is 0 Å². The maximum atomic E-state index is 12.6. The van der Waals surface area contributed by atoms with Crippen LogP contribution in [0.2, 0.25) is 0 Å². The Labute approximate surface area is 144 Å². The molecule has 1 fully saturated rings. The van der Waals surface area contributed by atoms with E-state index >= 15 is 0 Å². The number of urea groups is 1. The summed E-state index contributed by atoms with van der Waals surface area (Å²) in [6, 6.07) is 1.37. The normalized spacial score (nSPS) is 20.8. The topological polar surface area (TPSA) is 88.1 Å².